The highest BCUT2D eigenvalue weighted by Gasteiger charge is 2.52. The van der Waals surface area contributed by atoms with Crippen molar-refractivity contribution in [2.45, 2.75) is 49.7 Å². The van der Waals surface area contributed by atoms with Gasteiger partial charge in [0.05, 0.1) is 6.04 Å². The minimum atomic E-state index is -4.37. The molecule has 29 heavy (non-hydrogen) atoms. The molecule has 3 aliphatic rings. The van der Waals surface area contributed by atoms with E-state index in [1.54, 1.807) is 11.1 Å². The summed E-state index contributed by atoms with van der Waals surface area (Å²) in [5.41, 5.74) is 11.2. The Morgan fingerprint density at radius 2 is 1.83 bits per heavy atom. The molecule has 0 amide bonds. The highest BCUT2D eigenvalue weighted by atomic mass is 19.4. The summed E-state index contributed by atoms with van der Waals surface area (Å²) in [6.07, 6.45) is -1.85. The molecular weight excluding hydrogens is 402 g/mol. The first-order valence-electron chi connectivity index (χ1n) is 8.92. The molecule has 1 fully saturated rings. The van der Waals surface area contributed by atoms with Gasteiger partial charge in [0.2, 0.25) is 0 Å². The van der Waals surface area contributed by atoms with Gasteiger partial charge >= 0.3 is 6.18 Å². The zero-order valence-electron chi connectivity index (χ0n) is 14.9. The topological polar surface area (TPSA) is 68.9 Å². The smallest absolute Gasteiger partial charge is 0.327 e. The molecule has 4 N–H and O–H groups in total. The van der Waals surface area contributed by atoms with Crippen molar-refractivity contribution in [2.75, 3.05) is 0 Å². The number of benzene rings is 1. The molecular formula is C17H18F6N6. The number of nitrogens with one attached hydrogen (secondary N) is 2. The fourth-order valence-corrected chi connectivity index (χ4v) is 3.80. The fourth-order valence-electron chi connectivity index (χ4n) is 3.80. The third-order valence-electron chi connectivity index (χ3n) is 5.23. The second-order valence-corrected chi connectivity index (χ2v) is 7.27. The Labute approximate surface area is 162 Å². The van der Waals surface area contributed by atoms with E-state index in [0.717, 1.165) is 6.07 Å². The zero-order chi connectivity index (χ0) is 20.9. The number of hydrazone groups is 1. The number of nitrogens with two attached hydrogens (primary N) is 1. The molecule has 6 nitrogen and oxygen atoms in total. The summed E-state index contributed by atoms with van der Waals surface area (Å²) in [4.78, 5) is 1.68. The van der Waals surface area contributed by atoms with E-state index < -0.39 is 47.9 Å². The maximum absolute atomic E-state index is 13.8. The summed E-state index contributed by atoms with van der Waals surface area (Å²) in [7, 11) is 0. The van der Waals surface area contributed by atoms with E-state index in [4.69, 9.17) is 5.73 Å². The van der Waals surface area contributed by atoms with Gasteiger partial charge in [-0.2, -0.15) is 18.3 Å². The molecule has 4 atom stereocenters. The molecule has 0 aromatic heterocycles. The molecule has 0 saturated carbocycles. The zero-order valence-corrected chi connectivity index (χ0v) is 14.9. The van der Waals surface area contributed by atoms with E-state index in [1.165, 1.54) is 11.2 Å². The minimum absolute atomic E-state index is 0.0580. The van der Waals surface area contributed by atoms with Crippen molar-refractivity contribution in [1.82, 2.24) is 20.8 Å². The molecule has 0 radical (unpaired) electrons. The molecule has 0 aliphatic carbocycles. The predicted molar refractivity (Wildman–Crippen MR) is 91.2 cm³/mol. The molecule has 3 heterocycles. The summed E-state index contributed by atoms with van der Waals surface area (Å²) in [6, 6.07) is -1.59. The maximum atomic E-state index is 13.8. The summed E-state index contributed by atoms with van der Waals surface area (Å²) < 4.78 is 79.3. The number of halogens is 6. The maximum Gasteiger partial charge on any atom is 0.405 e. The van der Waals surface area contributed by atoms with Crippen LogP contribution < -0.4 is 16.6 Å². The lowest BCUT2D eigenvalue weighted by molar-refractivity contribution is -0.155. The summed E-state index contributed by atoms with van der Waals surface area (Å²) in [6.45, 7) is 0. The normalized spacial score (nSPS) is 26.9. The van der Waals surface area contributed by atoms with Crippen LogP contribution in [0.2, 0.25) is 0 Å². The van der Waals surface area contributed by atoms with Gasteiger partial charge in [-0.15, -0.1) is 0 Å². The Morgan fingerprint density at radius 3 is 2.55 bits per heavy atom. The van der Waals surface area contributed by atoms with Crippen molar-refractivity contribution in [3.8, 4) is 0 Å². The van der Waals surface area contributed by atoms with E-state index in [2.05, 4.69) is 16.0 Å². The quantitative estimate of drug-likeness (QED) is 0.513. The van der Waals surface area contributed by atoms with Gasteiger partial charge in [-0.1, -0.05) is 0 Å². The van der Waals surface area contributed by atoms with Gasteiger partial charge in [0, 0.05) is 30.9 Å². The number of nitrogens with zero attached hydrogens (tertiary/aromatic N) is 3. The van der Waals surface area contributed by atoms with Crippen LogP contribution in [-0.4, -0.2) is 46.2 Å². The Kier molecular flexibility index (Phi) is 4.85. The van der Waals surface area contributed by atoms with Crippen molar-refractivity contribution in [1.29, 1.82) is 0 Å². The lowest BCUT2D eigenvalue weighted by Gasteiger charge is -2.37. The van der Waals surface area contributed by atoms with Gasteiger partial charge in [-0.25, -0.2) is 18.6 Å². The Balaban J connectivity index is 1.41. The molecule has 12 heteroatoms. The minimum Gasteiger partial charge on any atom is -0.327 e. The standard InChI is InChI=1S/C17H18F6N6/c18-10-6-12(20)11(19)4-8(10)3-9(24)5-15-25-26-16-13-7-14(17(21,22)23)27-29(13)2-1-28(15)16/h1-2,4,6,9,13-14,16,26-27H,3,5,7,24H2/t9-,13?,14?,16?/m1/s1. The molecule has 4 rings (SSSR count). The first-order valence-corrected chi connectivity index (χ1v) is 8.92. The lowest BCUT2D eigenvalue weighted by atomic mass is 10.0. The van der Waals surface area contributed by atoms with Gasteiger partial charge in [0.25, 0.3) is 0 Å². The SMILES string of the molecule is N[C@@H](CC1=NNC2C3CC(C(F)(F)F)NN3C=CN12)Cc1cc(F)c(F)cc1F. The highest BCUT2D eigenvalue weighted by Crippen LogP contribution is 2.34. The number of hydrogen-bond acceptors (Lipinski definition) is 6. The molecule has 158 valence electrons. The van der Waals surface area contributed by atoms with Crippen LogP contribution in [0.25, 0.3) is 0 Å². The molecule has 0 spiro atoms. The van der Waals surface area contributed by atoms with Crippen LogP contribution in [-0.2, 0) is 6.42 Å². The predicted octanol–water partition coefficient (Wildman–Crippen LogP) is 1.90. The van der Waals surface area contributed by atoms with Gasteiger partial charge in [0.15, 0.2) is 11.6 Å². The second kappa shape index (κ2) is 7.10. The molecule has 1 aromatic rings. The van der Waals surface area contributed by atoms with Crippen molar-refractivity contribution < 1.29 is 26.3 Å². The van der Waals surface area contributed by atoms with Crippen LogP contribution in [0, 0.1) is 17.5 Å². The van der Waals surface area contributed by atoms with E-state index in [0.29, 0.717) is 11.9 Å². The van der Waals surface area contributed by atoms with Crippen molar-refractivity contribution in [3.63, 3.8) is 0 Å². The third-order valence-corrected chi connectivity index (χ3v) is 5.23. The van der Waals surface area contributed by atoms with Crippen molar-refractivity contribution >= 4 is 5.84 Å². The Morgan fingerprint density at radius 1 is 1.10 bits per heavy atom. The summed E-state index contributed by atoms with van der Waals surface area (Å²) >= 11 is 0. The molecule has 0 bridgehead atoms. The van der Waals surface area contributed by atoms with Crippen LogP contribution in [0.3, 0.4) is 0 Å². The van der Waals surface area contributed by atoms with E-state index in [1.807, 2.05) is 0 Å². The second-order valence-electron chi connectivity index (χ2n) is 7.27. The number of rotatable bonds is 4. The van der Waals surface area contributed by atoms with Crippen LogP contribution in [0.4, 0.5) is 26.3 Å². The first kappa shape index (κ1) is 19.8. The monoisotopic (exact) mass is 420 g/mol. The van der Waals surface area contributed by atoms with Crippen LogP contribution in [0.5, 0.6) is 0 Å². The summed E-state index contributed by atoms with van der Waals surface area (Å²) in [5, 5.41) is 5.57. The number of alkyl halides is 3. The van der Waals surface area contributed by atoms with Crippen molar-refractivity contribution in [2.24, 2.45) is 10.8 Å². The molecule has 3 unspecified atom stereocenters. The number of amidine groups is 1. The third kappa shape index (κ3) is 3.73. The van der Waals surface area contributed by atoms with Gasteiger partial charge < -0.3 is 15.6 Å². The Hall–Kier alpha value is -2.47. The van der Waals surface area contributed by atoms with Gasteiger partial charge in [-0.3, -0.25) is 5.43 Å². The average molecular weight is 420 g/mol. The average Bonchev–Trinajstić information content (AvgIpc) is 3.23. The number of fused-ring (bicyclic) bond motifs is 3. The molecule has 1 aromatic carbocycles. The lowest BCUT2D eigenvalue weighted by Crippen LogP contribution is -2.55. The Bertz CT molecular complexity index is 856. The van der Waals surface area contributed by atoms with Crippen LogP contribution in [0.1, 0.15) is 18.4 Å². The largest absolute Gasteiger partial charge is 0.405 e. The highest BCUT2D eigenvalue weighted by molar-refractivity contribution is 5.85. The molecule has 1 saturated heterocycles. The van der Waals surface area contributed by atoms with Crippen molar-refractivity contribution in [3.05, 3.63) is 47.5 Å². The number of hydrazine groups is 1. The van der Waals surface area contributed by atoms with Gasteiger partial charge in [-0.05, 0) is 24.5 Å². The summed E-state index contributed by atoms with van der Waals surface area (Å²) in [5.74, 6) is -2.87. The van der Waals surface area contributed by atoms with Crippen LogP contribution >= 0.6 is 0 Å². The van der Waals surface area contributed by atoms with Gasteiger partial charge in [0.1, 0.15) is 23.9 Å². The van der Waals surface area contributed by atoms with E-state index in [-0.39, 0.29) is 24.8 Å². The van der Waals surface area contributed by atoms with Crippen LogP contribution in [0.15, 0.2) is 29.6 Å². The number of hydrogen-bond donors (Lipinski definition) is 3. The fraction of sp³-hybridized carbons (Fsp3) is 0.471. The van der Waals surface area contributed by atoms with E-state index in [9.17, 15) is 26.3 Å². The first-order chi connectivity index (χ1) is 13.6. The van der Waals surface area contributed by atoms with E-state index >= 15 is 0 Å². The molecule has 3 aliphatic heterocycles.